The number of hydrogen-bond acceptors (Lipinski definition) is 4. The Morgan fingerprint density at radius 3 is 2.72 bits per heavy atom. The van der Waals surface area contributed by atoms with Crippen LogP contribution in [0.15, 0.2) is 48.5 Å². The lowest BCUT2D eigenvalue weighted by atomic mass is 10.1. The Hall–Kier alpha value is -3.19. The molecule has 1 heterocycles. The molecule has 1 saturated carbocycles. The van der Waals surface area contributed by atoms with Crippen LogP contribution in [0.5, 0.6) is 5.75 Å². The van der Waals surface area contributed by atoms with Gasteiger partial charge >= 0.3 is 0 Å². The summed E-state index contributed by atoms with van der Waals surface area (Å²) in [5.74, 6) is 0.311. The average Bonchev–Trinajstić information content (AvgIpc) is 3.48. The molecule has 0 unspecified atom stereocenters. The molecule has 1 fully saturated rings. The second-order valence-electron chi connectivity index (χ2n) is 7.16. The van der Waals surface area contributed by atoms with E-state index in [1.807, 2.05) is 24.3 Å². The van der Waals surface area contributed by atoms with Crippen LogP contribution in [0.4, 0.5) is 10.1 Å². The van der Waals surface area contributed by atoms with Gasteiger partial charge in [-0.3, -0.25) is 9.89 Å². The molecule has 150 valence electrons. The number of halogens is 1. The number of amides is 1. The van der Waals surface area contributed by atoms with Crippen molar-refractivity contribution in [1.82, 2.24) is 10.2 Å². The monoisotopic (exact) mass is 394 g/mol. The van der Waals surface area contributed by atoms with E-state index >= 15 is 0 Å². The molecule has 1 aliphatic rings. The third-order valence-electron chi connectivity index (χ3n) is 4.87. The van der Waals surface area contributed by atoms with Gasteiger partial charge in [0, 0.05) is 11.5 Å². The summed E-state index contributed by atoms with van der Waals surface area (Å²) in [4.78, 5) is 12.5. The van der Waals surface area contributed by atoms with E-state index in [1.165, 1.54) is 12.1 Å². The van der Waals surface area contributed by atoms with E-state index in [2.05, 4.69) is 15.5 Å². The predicted molar refractivity (Wildman–Crippen MR) is 109 cm³/mol. The normalized spacial score (nSPS) is 13.3. The van der Waals surface area contributed by atoms with Crippen molar-refractivity contribution >= 4 is 11.6 Å². The van der Waals surface area contributed by atoms with Crippen LogP contribution in [0, 0.1) is 5.82 Å². The van der Waals surface area contributed by atoms with Crippen molar-refractivity contribution in [3.63, 3.8) is 0 Å². The molecule has 0 saturated heterocycles. The highest BCUT2D eigenvalue weighted by Gasteiger charge is 2.31. The summed E-state index contributed by atoms with van der Waals surface area (Å²) >= 11 is 0. The fourth-order valence-electron chi connectivity index (χ4n) is 3.24. The number of rotatable bonds is 8. The Bertz CT molecular complexity index is 996. The number of hydrogen-bond donors (Lipinski definition) is 3. The Labute approximate surface area is 168 Å². The zero-order chi connectivity index (χ0) is 20.2. The van der Waals surface area contributed by atoms with Gasteiger partial charge in [-0.15, -0.1) is 0 Å². The number of nitrogens with zero attached hydrogens (tertiary/aromatic N) is 1. The highest BCUT2D eigenvalue weighted by Crippen LogP contribution is 2.45. The number of ether oxygens (including phenoxy) is 1. The topological polar surface area (TPSA) is 93.0 Å². The number of H-pyrrole nitrogens is 1. The Morgan fingerprint density at radius 2 is 2.03 bits per heavy atom. The molecule has 0 spiro atoms. The van der Waals surface area contributed by atoms with E-state index < -0.39 is 0 Å². The molecule has 0 atom stereocenters. The number of aromatic nitrogens is 2. The van der Waals surface area contributed by atoms with Gasteiger partial charge < -0.3 is 15.8 Å². The van der Waals surface area contributed by atoms with Gasteiger partial charge in [0.25, 0.3) is 5.91 Å². The molecule has 1 aliphatic carbocycles. The number of carbonyl (C=O) groups is 1. The molecule has 4 rings (SSSR count). The van der Waals surface area contributed by atoms with Crippen LogP contribution < -0.4 is 15.8 Å². The number of anilines is 1. The lowest BCUT2D eigenvalue weighted by molar-refractivity contribution is -0.118. The van der Waals surface area contributed by atoms with E-state index in [0.29, 0.717) is 35.2 Å². The van der Waals surface area contributed by atoms with E-state index in [9.17, 15) is 9.18 Å². The summed E-state index contributed by atoms with van der Waals surface area (Å²) in [6.45, 7) is 0.457. The molecule has 29 heavy (non-hydrogen) atoms. The zero-order valence-corrected chi connectivity index (χ0v) is 16.0. The van der Waals surface area contributed by atoms with Gasteiger partial charge in [0.1, 0.15) is 17.3 Å². The summed E-state index contributed by atoms with van der Waals surface area (Å²) in [6, 6.07) is 13.7. The highest BCUT2D eigenvalue weighted by atomic mass is 19.1. The smallest absolute Gasteiger partial charge is 0.262 e. The number of aromatic amines is 1. The van der Waals surface area contributed by atoms with Crippen molar-refractivity contribution in [3.8, 4) is 17.0 Å². The van der Waals surface area contributed by atoms with Crippen molar-refractivity contribution in [2.75, 3.05) is 18.5 Å². The average molecular weight is 394 g/mol. The summed E-state index contributed by atoms with van der Waals surface area (Å²) in [5.41, 5.74) is 9.30. The first-order valence-corrected chi connectivity index (χ1v) is 9.70. The first kappa shape index (κ1) is 19.1. The van der Waals surface area contributed by atoms with Gasteiger partial charge in [-0.2, -0.15) is 5.10 Å². The lowest BCUT2D eigenvalue weighted by Crippen LogP contribution is -2.21. The number of nitrogens with one attached hydrogen (secondary N) is 2. The van der Waals surface area contributed by atoms with E-state index in [0.717, 1.165) is 30.5 Å². The third kappa shape index (κ3) is 4.63. The molecule has 3 aromatic rings. The van der Waals surface area contributed by atoms with Crippen molar-refractivity contribution in [3.05, 3.63) is 65.6 Å². The van der Waals surface area contributed by atoms with Crippen LogP contribution in [0.25, 0.3) is 11.3 Å². The SMILES string of the molecule is NCCc1ccc(OCC(=O)Nc2c(-c3cccc(F)c3)n[nH]c2C2CC2)cc1. The van der Waals surface area contributed by atoms with Gasteiger partial charge in [-0.1, -0.05) is 24.3 Å². The quantitative estimate of drug-likeness (QED) is 0.544. The molecule has 4 N–H and O–H groups in total. The molecular formula is C22H23FN4O2. The van der Waals surface area contributed by atoms with Gasteiger partial charge in [0.05, 0.1) is 11.4 Å². The predicted octanol–water partition coefficient (Wildman–Crippen LogP) is 3.61. The standard InChI is InChI=1S/C22H23FN4O2/c23-17-3-1-2-16(12-17)21-22(20(26-27-21)15-6-7-15)25-19(28)13-29-18-8-4-14(5-9-18)10-11-24/h1-5,8-9,12,15H,6-7,10-11,13,24H2,(H,25,28)(H,26,27). The Balaban J connectivity index is 1.46. The minimum absolute atomic E-state index is 0.131. The minimum Gasteiger partial charge on any atom is -0.484 e. The number of nitrogens with two attached hydrogens (primary N) is 1. The molecule has 0 bridgehead atoms. The number of carbonyl (C=O) groups excluding carboxylic acids is 1. The maximum absolute atomic E-state index is 13.7. The van der Waals surface area contributed by atoms with E-state index in [4.69, 9.17) is 10.5 Å². The Morgan fingerprint density at radius 1 is 1.24 bits per heavy atom. The van der Waals surface area contributed by atoms with Crippen LogP contribution in [-0.2, 0) is 11.2 Å². The Kier molecular flexibility index (Phi) is 5.57. The molecule has 0 radical (unpaired) electrons. The van der Waals surface area contributed by atoms with E-state index in [1.54, 1.807) is 12.1 Å². The molecule has 7 heteroatoms. The van der Waals surface area contributed by atoms with Crippen LogP contribution in [0.1, 0.15) is 30.0 Å². The van der Waals surface area contributed by atoms with Crippen LogP contribution >= 0.6 is 0 Å². The highest BCUT2D eigenvalue weighted by molar-refractivity contribution is 5.96. The molecule has 2 aromatic carbocycles. The largest absolute Gasteiger partial charge is 0.484 e. The molecule has 0 aliphatic heterocycles. The van der Waals surface area contributed by atoms with Crippen molar-refractivity contribution < 1.29 is 13.9 Å². The van der Waals surface area contributed by atoms with Crippen LogP contribution in [0.3, 0.4) is 0 Å². The van der Waals surface area contributed by atoms with E-state index in [-0.39, 0.29) is 18.3 Å². The first-order chi connectivity index (χ1) is 14.1. The fourth-order valence-corrected chi connectivity index (χ4v) is 3.24. The van der Waals surface area contributed by atoms with Gasteiger partial charge in [-0.25, -0.2) is 4.39 Å². The molecule has 6 nitrogen and oxygen atoms in total. The number of benzene rings is 2. The third-order valence-corrected chi connectivity index (χ3v) is 4.87. The van der Waals surface area contributed by atoms with Crippen molar-refractivity contribution in [2.24, 2.45) is 5.73 Å². The lowest BCUT2D eigenvalue weighted by Gasteiger charge is -2.10. The molecular weight excluding hydrogens is 371 g/mol. The first-order valence-electron chi connectivity index (χ1n) is 9.70. The summed E-state index contributed by atoms with van der Waals surface area (Å²) in [6.07, 6.45) is 2.88. The van der Waals surface area contributed by atoms with Crippen molar-refractivity contribution in [2.45, 2.75) is 25.2 Å². The molecule has 1 amide bonds. The maximum atomic E-state index is 13.7. The second-order valence-corrected chi connectivity index (χ2v) is 7.16. The van der Waals surface area contributed by atoms with Gasteiger partial charge in [0.2, 0.25) is 0 Å². The van der Waals surface area contributed by atoms with Crippen molar-refractivity contribution in [1.29, 1.82) is 0 Å². The van der Waals surface area contributed by atoms with Crippen LogP contribution in [0.2, 0.25) is 0 Å². The molecule has 1 aromatic heterocycles. The van der Waals surface area contributed by atoms with Gasteiger partial charge in [-0.05, 0) is 55.6 Å². The zero-order valence-electron chi connectivity index (χ0n) is 16.0. The van der Waals surface area contributed by atoms with Crippen LogP contribution in [-0.4, -0.2) is 29.3 Å². The van der Waals surface area contributed by atoms with Gasteiger partial charge in [0.15, 0.2) is 6.61 Å². The fraction of sp³-hybridized carbons (Fsp3) is 0.273. The summed E-state index contributed by atoms with van der Waals surface area (Å²) < 4.78 is 19.3. The summed E-state index contributed by atoms with van der Waals surface area (Å²) in [5, 5.41) is 10.2. The second kappa shape index (κ2) is 8.45. The summed E-state index contributed by atoms with van der Waals surface area (Å²) in [7, 11) is 0. The maximum Gasteiger partial charge on any atom is 0.262 e. The minimum atomic E-state index is -0.350.